The van der Waals surface area contributed by atoms with Crippen LogP contribution in [0.2, 0.25) is 0 Å². The zero-order valence-electron chi connectivity index (χ0n) is 14.3. The number of hydrogen-bond donors (Lipinski definition) is 0. The highest BCUT2D eigenvalue weighted by Gasteiger charge is 2.42. The minimum absolute atomic E-state index is 0.110. The van der Waals surface area contributed by atoms with E-state index in [0.29, 0.717) is 23.6 Å². The van der Waals surface area contributed by atoms with Crippen molar-refractivity contribution in [1.29, 1.82) is 0 Å². The highest BCUT2D eigenvalue weighted by Crippen LogP contribution is 2.44. The van der Waals surface area contributed by atoms with Crippen molar-refractivity contribution in [2.45, 2.75) is 44.1 Å². The van der Waals surface area contributed by atoms with Crippen molar-refractivity contribution in [3.8, 4) is 0 Å². The lowest BCUT2D eigenvalue weighted by atomic mass is 9.69. The molecule has 1 aliphatic carbocycles. The maximum Gasteiger partial charge on any atom is 0.274 e. The molecular weight excluding hydrogens is 298 g/mol. The Labute approximate surface area is 143 Å². The van der Waals surface area contributed by atoms with Crippen molar-refractivity contribution >= 4 is 5.91 Å². The van der Waals surface area contributed by atoms with E-state index in [1.165, 1.54) is 24.8 Å². The van der Waals surface area contributed by atoms with E-state index >= 15 is 0 Å². The van der Waals surface area contributed by atoms with E-state index in [2.05, 4.69) is 40.2 Å². The Morgan fingerprint density at radius 2 is 1.92 bits per heavy atom. The molecule has 1 amide bonds. The summed E-state index contributed by atoms with van der Waals surface area (Å²) in [6.07, 6.45) is 9.49. The molecule has 4 nitrogen and oxygen atoms in total. The van der Waals surface area contributed by atoms with Gasteiger partial charge in [0.25, 0.3) is 5.91 Å². The highest BCUT2D eigenvalue weighted by molar-refractivity contribution is 5.92. The molecule has 2 fully saturated rings. The van der Waals surface area contributed by atoms with Crippen molar-refractivity contribution in [2.75, 3.05) is 6.54 Å². The van der Waals surface area contributed by atoms with Crippen LogP contribution in [0.4, 0.5) is 0 Å². The van der Waals surface area contributed by atoms with Gasteiger partial charge in [-0.2, -0.15) is 0 Å². The van der Waals surface area contributed by atoms with E-state index in [-0.39, 0.29) is 5.91 Å². The van der Waals surface area contributed by atoms with Gasteiger partial charge in [-0.25, -0.2) is 4.98 Å². The van der Waals surface area contributed by atoms with E-state index in [4.69, 9.17) is 0 Å². The van der Waals surface area contributed by atoms with Crippen LogP contribution in [0, 0.1) is 5.92 Å². The molecule has 0 N–H and O–H groups in total. The van der Waals surface area contributed by atoms with E-state index in [1.807, 2.05) is 17.8 Å². The summed E-state index contributed by atoms with van der Waals surface area (Å²) in [5, 5.41) is 0. The monoisotopic (exact) mass is 323 g/mol. The molecule has 1 aliphatic heterocycles. The molecule has 1 unspecified atom stereocenters. The van der Waals surface area contributed by atoms with E-state index in [1.54, 1.807) is 6.33 Å². The van der Waals surface area contributed by atoms with Gasteiger partial charge in [-0.1, -0.05) is 43.2 Å². The molecule has 0 spiro atoms. The summed E-state index contributed by atoms with van der Waals surface area (Å²) < 4.78 is 1.85. The van der Waals surface area contributed by atoms with Crippen molar-refractivity contribution in [3.05, 3.63) is 54.1 Å². The van der Waals surface area contributed by atoms with Crippen molar-refractivity contribution in [1.82, 2.24) is 14.5 Å². The first-order chi connectivity index (χ1) is 11.7. The molecule has 1 aromatic heterocycles. The zero-order chi connectivity index (χ0) is 16.5. The lowest BCUT2D eigenvalue weighted by molar-refractivity contribution is 0.0314. The summed E-state index contributed by atoms with van der Waals surface area (Å²) in [5.74, 6) is 1.28. The summed E-state index contributed by atoms with van der Waals surface area (Å²) in [5.41, 5.74) is 2.03. The first kappa shape index (κ1) is 15.4. The van der Waals surface area contributed by atoms with Crippen LogP contribution in [0.1, 0.15) is 54.1 Å². The standard InChI is InChI=1S/C20H25N3O/c1-22-13-18(21-14-22)20(24)23-12-11-16(15-7-3-2-4-8-15)17-9-5-6-10-19(17)23/h2-4,7-8,13-14,16-17,19H,5-6,9-12H2,1H3/t16?,17-,19-/m1/s1. The van der Waals surface area contributed by atoms with Gasteiger partial charge in [-0.3, -0.25) is 4.79 Å². The third kappa shape index (κ3) is 2.74. The fraction of sp³-hybridized carbons (Fsp3) is 0.500. The third-order valence-corrected chi connectivity index (χ3v) is 5.79. The summed E-state index contributed by atoms with van der Waals surface area (Å²) in [6, 6.07) is 11.2. The van der Waals surface area contributed by atoms with Crippen molar-refractivity contribution in [2.24, 2.45) is 13.0 Å². The maximum absolute atomic E-state index is 13.0. The number of fused-ring (bicyclic) bond motifs is 1. The number of aryl methyl sites for hydroxylation is 1. The predicted molar refractivity (Wildman–Crippen MR) is 93.8 cm³/mol. The molecule has 126 valence electrons. The van der Waals surface area contributed by atoms with Gasteiger partial charge in [-0.05, 0) is 36.7 Å². The molecule has 1 aromatic carbocycles. The molecule has 2 aliphatic rings. The molecule has 1 saturated carbocycles. The van der Waals surface area contributed by atoms with Crippen molar-refractivity contribution in [3.63, 3.8) is 0 Å². The Balaban J connectivity index is 1.60. The molecule has 3 atom stereocenters. The lowest BCUT2D eigenvalue weighted by Crippen LogP contribution is -2.52. The number of likely N-dealkylation sites (tertiary alicyclic amines) is 1. The van der Waals surface area contributed by atoms with Crippen LogP contribution in [-0.2, 0) is 7.05 Å². The van der Waals surface area contributed by atoms with Crippen LogP contribution in [0.15, 0.2) is 42.9 Å². The SMILES string of the molecule is Cn1cnc(C(=O)N2CCC(c3ccccc3)[C@H]3CCCC[C@H]32)c1. The lowest BCUT2D eigenvalue weighted by Gasteiger charge is -2.48. The number of carbonyl (C=O) groups excluding carboxylic acids is 1. The van der Waals surface area contributed by atoms with E-state index in [9.17, 15) is 4.79 Å². The normalized spacial score (nSPS) is 26.9. The Bertz CT molecular complexity index is 709. The molecule has 0 bridgehead atoms. The Kier molecular flexibility index (Phi) is 4.13. The van der Waals surface area contributed by atoms with Crippen LogP contribution in [-0.4, -0.2) is 32.9 Å². The molecule has 4 heteroatoms. The molecular formula is C20H25N3O. The van der Waals surface area contributed by atoms with Gasteiger partial charge in [-0.15, -0.1) is 0 Å². The molecule has 1 saturated heterocycles. The number of amides is 1. The largest absolute Gasteiger partial charge is 0.340 e. The average molecular weight is 323 g/mol. The fourth-order valence-electron chi connectivity index (χ4n) is 4.69. The number of nitrogens with zero attached hydrogens (tertiary/aromatic N) is 3. The predicted octanol–water partition coefficient (Wildman–Crippen LogP) is 3.61. The minimum Gasteiger partial charge on any atom is -0.340 e. The third-order valence-electron chi connectivity index (χ3n) is 5.79. The summed E-state index contributed by atoms with van der Waals surface area (Å²) in [7, 11) is 1.91. The van der Waals surface area contributed by atoms with E-state index in [0.717, 1.165) is 19.4 Å². The fourth-order valence-corrected chi connectivity index (χ4v) is 4.69. The maximum atomic E-state index is 13.0. The smallest absolute Gasteiger partial charge is 0.274 e. The molecule has 2 heterocycles. The van der Waals surface area contributed by atoms with Crippen molar-refractivity contribution < 1.29 is 4.79 Å². The number of carbonyl (C=O) groups is 1. The van der Waals surface area contributed by atoms with Gasteiger partial charge in [0.2, 0.25) is 0 Å². The molecule has 24 heavy (non-hydrogen) atoms. The second kappa shape index (κ2) is 6.42. The Hall–Kier alpha value is -2.10. The number of hydrogen-bond acceptors (Lipinski definition) is 2. The van der Waals surface area contributed by atoms with Crippen LogP contribution in [0.3, 0.4) is 0 Å². The molecule has 0 radical (unpaired) electrons. The number of rotatable bonds is 2. The summed E-state index contributed by atoms with van der Waals surface area (Å²) >= 11 is 0. The quantitative estimate of drug-likeness (QED) is 0.847. The Morgan fingerprint density at radius 1 is 1.12 bits per heavy atom. The van der Waals surface area contributed by atoms with E-state index < -0.39 is 0 Å². The highest BCUT2D eigenvalue weighted by atomic mass is 16.2. The first-order valence-corrected chi connectivity index (χ1v) is 9.08. The van der Waals surface area contributed by atoms with Crippen LogP contribution in [0.25, 0.3) is 0 Å². The van der Waals surface area contributed by atoms with Crippen LogP contribution in [0.5, 0.6) is 0 Å². The van der Waals surface area contributed by atoms with Crippen LogP contribution >= 0.6 is 0 Å². The molecule has 2 aromatic rings. The average Bonchev–Trinajstić information content (AvgIpc) is 3.07. The Morgan fingerprint density at radius 3 is 2.67 bits per heavy atom. The molecule has 4 rings (SSSR count). The zero-order valence-corrected chi connectivity index (χ0v) is 14.3. The van der Waals surface area contributed by atoms with Gasteiger partial charge in [0, 0.05) is 25.8 Å². The van der Waals surface area contributed by atoms with Crippen LogP contribution < -0.4 is 0 Å². The minimum atomic E-state index is 0.110. The van der Waals surface area contributed by atoms with Gasteiger partial charge < -0.3 is 9.47 Å². The van der Waals surface area contributed by atoms with Gasteiger partial charge >= 0.3 is 0 Å². The van der Waals surface area contributed by atoms with Gasteiger partial charge in [0.15, 0.2) is 0 Å². The number of benzene rings is 1. The number of imidazole rings is 1. The van der Waals surface area contributed by atoms with Gasteiger partial charge in [0.05, 0.1) is 6.33 Å². The summed E-state index contributed by atoms with van der Waals surface area (Å²) in [6.45, 7) is 0.843. The number of piperidine rings is 1. The summed E-state index contributed by atoms with van der Waals surface area (Å²) in [4.78, 5) is 19.4. The number of aromatic nitrogens is 2. The topological polar surface area (TPSA) is 38.1 Å². The second-order valence-corrected chi connectivity index (χ2v) is 7.24. The first-order valence-electron chi connectivity index (χ1n) is 9.08. The van der Waals surface area contributed by atoms with Gasteiger partial charge in [0.1, 0.15) is 5.69 Å². The second-order valence-electron chi connectivity index (χ2n) is 7.24.